The van der Waals surface area contributed by atoms with Crippen molar-refractivity contribution in [2.24, 2.45) is 0 Å². The Morgan fingerprint density at radius 1 is 1.21 bits per heavy atom. The van der Waals surface area contributed by atoms with E-state index >= 15 is 0 Å². The van der Waals surface area contributed by atoms with Gasteiger partial charge in [0.1, 0.15) is 5.82 Å². The summed E-state index contributed by atoms with van der Waals surface area (Å²) < 4.78 is 0.915. The molecule has 0 atom stereocenters. The maximum absolute atomic E-state index is 5.77. The van der Waals surface area contributed by atoms with Gasteiger partial charge >= 0.3 is 0 Å². The van der Waals surface area contributed by atoms with E-state index in [4.69, 9.17) is 5.73 Å². The standard InChI is InChI=1S/C10H8BrN3/c11-8-5-9(10(12)14-6-8)7-1-3-13-4-2-7/h1-6H,(H2,12,14). The van der Waals surface area contributed by atoms with Gasteiger partial charge in [-0.3, -0.25) is 4.98 Å². The van der Waals surface area contributed by atoms with Crippen molar-refractivity contribution < 1.29 is 0 Å². The van der Waals surface area contributed by atoms with Gasteiger partial charge in [-0.25, -0.2) is 4.98 Å². The summed E-state index contributed by atoms with van der Waals surface area (Å²) in [7, 11) is 0. The molecule has 2 rings (SSSR count). The van der Waals surface area contributed by atoms with Crippen LogP contribution >= 0.6 is 15.9 Å². The second kappa shape index (κ2) is 3.75. The van der Waals surface area contributed by atoms with Gasteiger partial charge in [-0.1, -0.05) is 0 Å². The van der Waals surface area contributed by atoms with Crippen LogP contribution < -0.4 is 5.73 Å². The van der Waals surface area contributed by atoms with Gasteiger partial charge < -0.3 is 5.73 Å². The van der Waals surface area contributed by atoms with Crippen LogP contribution in [-0.4, -0.2) is 9.97 Å². The van der Waals surface area contributed by atoms with Crippen molar-refractivity contribution in [1.29, 1.82) is 0 Å². The first-order valence-corrected chi connectivity index (χ1v) is 4.88. The van der Waals surface area contributed by atoms with E-state index in [1.54, 1.807) is 18.6 Å². The van der Waals surface area contributed by atoms with Crippen molar-refractivity contribution in [3.8, 4) is 11.1 Å². The van der Waals surface area contributed by atoms with Crippen molar-refractivity contribution in [2.75, 3.05) is 5.73 Å². The molecule has 70 valence electrons. The van der Waals surface area contributed by atoms with Gasteiger partial charge in [0.05, 0.1) is 0 Å². The molecule has 2 N–H and O–H groups in total. The third-order valence-corrected chi connectivity index (χ3v) is 2.31. The molecule has 0 aromatic carbocycles. The molecule has 4 heteroatoms. The molecule has 0 fully saturated rings. The molecule has 0 saturated heterocycles. The number of anilines is 1. The predicted octanol–water partition coefficient (Wildman–Crippen LogP) is 2.49. The van der Waals surface area contributed by atoms with Gasteiger partial charge in [-0.2, -0.15) is 0 Å². The number of nitrogens with two attached hydrogens (primary N) is 1. The Kier molecular flexibility index (Phi) is 2.45. The number of halogens is 1. The van der Waals surface area contributed by atoms with E-state index in [1.807, 2.05) is 18.2 Å². The van der Waals surface area contributed by atoms with Crippen LogP contribution in [0.3, 0.4) is 0 Å². The fourth-order valence-electron chi connectivity index (χ4n) is 1.21. The summed E-state index contributed by atoms with van der Waals surface area (Å²) in [5.74, 6) is 0.527. The number of rotatable bonds is 1. The third kappa shape index (κ3) is 1.75. The average Bonchev–Trinajstić information content (AvgIpc) is 2.23. The minimum absolute atomic E-state index is 0.527. The molecule has 0 aliphatic heterocycles. The molecule has 2 heterocycles. The number of nitrogen functional groups attached to an aromatic ring is 1. The largest absolute Gasteiger partial charge is 0.383 e. The van der Waals surface area contributed by atoms with Crippen LogP contribution in [0.4, 0.5) is 5.82 Å². The Bertz CT molecular complexity index is 442. The maximum atomic E-state index is 5.77. The molecule has 2 aromatic rings. The molecule has 0 bridgehead atoms. The van der Waals surface area contributed by atoms with Crippen LogP contribution in [-0.2, 0) is 0 Å². The number of pyridine rings is 2. The number of hydrogen-bond donors (Lipinski definition) is 1. The normalized spacial score (nSPS) is 10.1. The van der Waals surface area contributed by atoms with E-state index in [0.717, 1.165) is 15.6 Å². The summed E-state index contributed by atoms with van der Waals surface area (Å²) in [6.07, 6.45) is 5.14. The van der Waals surface area contributed by atoms with Gasteiger partial charge in [0.2, 0.25) is 0 Å². The van der Waals surface area contributed by atoms with E-state index in [2.05, 4.69) is 25.9 Å². The van der Waals surface area contributed by atoms with Gasteiger partial charge in [0, 0.05) is 28.6 Å². The summed E-state index contributed by atoms with van der Waals surface area (Å²) >= 11 is 3.36. The Morgan fingerprint density at radius 2 is 1.93 bits per heavy atom. The molecule has 0 saturated carbocycles. The SMILES string of the molecule is Nc1ncc(Br)cc1-c1ccncc1. The molecule has 0 amide bonds. The maximum Gasteiger partial charge on any atom is 0.131 e. The molecule has 3 nitrogen and oxygen atoms in total. The van der Waals surface area contributed by atoms with Gasteiger partial charge in [0.25, 0.3) is 0 Å². The van der Waals surface area contributed by atoms with Crippen molar-refractivity contribution in [1.82, 2.24) is 9.97 Å². The Labute approximate surface area is 90.1 Å². The number of aromatic nitrogens is 2. The van der Waals surface area contributed by atoms with Gasteiger partial charge in [-0.05, 0) is 39.7 Å². The summed E-state index contributed by atoms with van der Waals surface area (Å²) in [5, 5.41) is 0. The summed E-state index contributed by atoms with van der Waals surface area (Å²) in [6.45, 7) is 0. The van der Waals surface area contributed by atoms with Crippen molar-refractivity contribution >= 4 is 21.7 Å². The molecular formula is C10H8BrN3. The molecular weight excluding hydrogens is 242 g/mol. The van der Waals surface area contributed by atoms with Crippen LogP contribution in [0.5, 0.6) is 0 Å². The minimum atomic E-state index is 0.527. The minimum Gasteiger partial charge on any atom is -0.383 e. The average molecular weight is 250 g/mol. The van der Waals surface area contributed by atoms with E-state index in [0.29, 0.717) is 5.82 Å². The lowest BCUT2D eigenvalue weighted by Gasteiger charge is -2.04. The second-order valence-electron chi connectivity index (χ2n) is 2.82. The van der Waals surface area contributed by atoms with Crippen molar-refractivity contribution in [3.05, 3.63) is 41.3 Å². The predicted molar refractivity (Wildman–Crippen MR) is 59.6 cm³/mol. The molecule has 0 radical (unpaired) electrons. The quantitative estimate of drug-likeness (QED) is 0.845. The second-order valence-corrected chi connectivity index (χ2v) is 3.74. The zero-order valence-electron chi connectivity index (χ0n) is 7.31. The monoisotopic (exact) mass is 249 g/mol. The van der Waals surface area contributed by atoms with Crippen LogP contribution in [0.25, 0.3) is 11.1 Å². The van der Waals surface area contributed by atoms with Crippen LogP contribution in [0, 0.1) is 0 Å². The zero-order chi connectivity index (χ0) is 9.97. The smallest absolute Gasteiger partial charge is 0.131 e. The highest BCUT2D eigenvalue weighted by Gasteiger charge is 2.03. The van der Waals surface area contributed by atoms with Gasteiger partial charge in [-0.15, -0.1) is 0 Å². The molecule has 0 aliphatic rings. The highest BCUT2D eigenvalue weighted by atomic mass is 79.9. The first-order valence-electron chi connectivity index (χ1n) is 4.09. The Balaban J connectivity index is 2.57. The van der Waals surface area contributed by atoms with E-state index in [-0.39, 0.29) is 0 Å². The third-order valence-electron chi connectivity index (χ3n) is 1.88. The fourth-order valence-corrected chi connectivity index (χ4v) is 1.54. The summed E-state index contributed by atoms with van der Waals surface area (Å²) in [4.78, 5) is 8.02. The highest BCUT2D eigenvalue weighted by molar-refractivity contribution is 9.10. The van der Waals surface area contributed by atoms with Gasteiger partial charge in [0.15, 0.2) is 0 Å². The summed E-state index contributed by atoms with van der Waals surface area (Å²) in [6, 6.07) is 5.75. The number of hydrogen-bond acceptors (Lipinski definition) is 3. The van der Waals surface area contributed by atoms with Crippen LogP contribution in [0.2, 0.25) is 0 Å². The van der Waals surface area contributed by atoms with Crippen LogP contribution in [0.1, 0.15) is 0 Å². The van der Waals surface area contributed by atoms with E-state index < -0.39 is 0 Å². The van der Waals surface area contributed by atoms with Crippen molar-refractivity contribution in [2.45, 2.75) is 0 Å². The molecule has 0 aliphatic carbocycles. The zero-order valence-corrected chi connectivity index (χ0v) is 8.90. The fraction of sp³-hybridized carbons (Fsp3) is 0. The molecule has 14 heavy (non-hydrogen) atoms. The van der Waals surface area contributed by atoms with Crippen LogP contribution in [0.15, 0.2) is 41.3 Å². The lowest BCUT2D eigenvalue weighted by atomic mass is 10.1. The van der Waals surface area contributed by atoms with E-state index in [9.17, 15) is 0 Å². The topological polar surface area (TPSA) is 51.8 Å². The lowest BCUT2D eigenvalue weighted by molar-refractivity contribution is 1.30. The summed E-state index contributed by atoms with van der Waals surface area (Å²) in [5.41, 5.74) is 7.71. The molecule has 2 aromatic heterocycles. The Morgan fingerprint density at radius 3 is 2.64 bits per heavy atom. The molecule has 0 spiro atoms. The highest BCUT2D eigenvalue weighted by Crippen LogP contribution is 2.26. The first-order chi connectivity index (χ1) is 6.77. The van der Waals surface area contributed by atoms with Crippen molar-refractivity contribution in [3.63, 3.8) is 0 Å². The van der Waals surface area contributed by atoms with E-state index in [1.165, 1.54) is 0 Å². The molecule has 0 unspecified atom stereocenters. The Hall–Kier alpha value is -1.42. The first kappa shape index (κ1) is 9.15. The number of nitrogens with zero attached hydrogens (tertiary/aromatic N) is 2. The lowest BCUT2D eigenvalue weighted by Crippen LogP contribution is -1.93.